The number of nitrogens with two attached hydrogens (primary N) is 1. The number of rotatable bonds is 1. The van der Waals surface area contributed by atoms with Crippen LogP contribution in [0.15, 0.2) is 16.6 Å². The zero-order valence-corrected chi connectivity index (χ0v) is 11.7. The van der Waals surface area contributed by atoms with Crippen molar-refractivity contribution in [3.63, 3.8) is 0 Å². The van der Waals surface area contributed by atoms with Crippen LogP contribution in [0, 0.1) is 6.92 Å². The van der Waals surface area contributed by atoms with Crippen molar-refractivity contribution in [2.75, 3.05) is 12.8 Å². The fourth-order valence-electron chi connectivity index (χ4n) is 1.87. The van der Waals surface area contributed by atoms with Crippen LogP contribution in [-0.2, 0) is 6.18 Å². The minimum absolute atomic E-state index is 0.0445. The number of anilines is 1. The second-order valence-electron chi connectivity index (χ2n) is 3.97. The predicted molar refractivity (Wildman–Crippen MR) is 70.1 cm³/mol. The van der Waals surface area contributed by atoms with E-state index in [1.165, 1.54) is 20.1 Å². The smallest absolute Gasteiger partial charge is 0.433 e. The van der Waals surface area contributed by atoms with Gasteiger partial charge in [-0.2, -0.15) is 13.2 Å². The van der Waals surface area contributed by atoms with Crippen molar-refractivity contribution >= 4 is 32.5 Å². The lowest BCUT2D eigenvalue weighted by Gasteiger charge is -2.16. The van der Waals surface area contributed by atoms with Crippen LogP contribution in [0.5, 0.6) is 5.75 Å². The van der Waals surface area contributed by atoms with Gasteiger partial charge in [0.1, 0.15) is 17.0 Å². The third kappa shape index (κ3) is 2.22. The zero-order chi connectivity index (χ0) is 14.4. The van der Waals surface area contributed by atoms with E-state index in [9.17, 15) is 13.2 Å². The number of nitrogen functional groups attached to an aromatic ring is 1. The summed E-state index contributed by atoms with van der Waals surface area (Å²) in [5.41, 5.74) is 4.87. The molecule has 7 heteroatoms. The highest BCUT2D eigenvalue weighted by atomic mass is 79.9. The van der Waals surface area contributed by atoms with E-state index in [0.29, 0.717) is 9.86 Å². The first-order chi connectivity index (χ1) is 8.77. The van der Waals surface area contributed by atoms with Gasteiger partial charge in [-0.3, -0.25) is 0 Å². The van der Waals surface area contributed by atoms with Crippen molar-refractivity contribution in [3.8, 4) is 5.75 Å². The summed E-state index contributed by atoms with van der Waals surface area (Å²) in [6.07, 6.45) is -4.56. The maximum absolute atomic E-state index is 12.9. The van der Waals surface area contributed by atoms with Gasteiger partial charge in [-0.1, -0.05) is 15.9 Å². The molecule has 0 aliphatic heterocycles. The number of ether oxygens (including phenoxy) is 1. The molecule has 0 aliphatic rings. The number of pyridine rings is 1. The molecule has 1 aromatic carbocycles. The topological polar surface area (TPSA) is 48.1 Å². The van der Waals surface area contributed by atoms with Crippen LogP contribution in [0.3, 0.4) is 0 Å². The second-order valence-corrected chi connectivity index (χ2v) is 4.82. The maximum atomic E-state index is 12.9. The van der Waals surface area contributed by atoms with E-state index < -0.39 is 11.9 Å². The molecule has 1 heterocycles. The molecule has 0 spiro atoms. The molecule has 2 N–H and O–H groups in total. The van der Waals surface area contributed by atoms with E-state index in [-0.39, 0.29) is 22.5 Å². The Labute approximate surface area is 115 Å². The van der Waals surface area contributed by atoms with Crippen molar-refractivity contribution in [2.45, 2.75) is 13.1 Å². The first kappa shape index (κ1) is 13.9. The van der Waals surface area contributed by atoms with E-state index in [0.717, 1.165) is 0 Å². The number of hydrogen-bond donors (Lipinski definition) is 1. The molecule has 0 aliphatic carbocycles. The average molecular weight is 335 g/mol. The van der Waals surface area contributed by atoms with Gasteiger partial charge in [0.2, 0.25) is 0 Å². The van der Waals surface area contributed by atoms with Crippen molar-refractivity contribution in [1.82, 2.24) is 4.98 Å². The Morgan fingerprint density at radius 1 is 1.32 bits per heavy atom. The highest BCUT2D eigenvalue weighted by Crippen LogP contribution is 2.40. The standard InChI is InChI=1S/C12H10BrF3N2O/c1-5-9(17)8-6(13)3-4-7(19-2)10(8)18-11(5)12(14,15)16/h3-4H,1-2H3,(H2,17,18). The Morgan fingerprint density at radius 2 is 1.95 bits per heavy atom. The van der Waals surface area contributed by atoms with Crippen LogP contribution < -0.4 is 10.5 Å². The van der Waals surface area contributed by atoms with Gasteiger partial charge in [0, 0.05) is 21.1 Å². The Balaban J connectivity index is 2.96. The summed E-state index contributed by atoms with van der Waals surface area (Å²) < 4.78 is 44.4. The number of nitrogens with zero attached hydrogens (tertiary/aromatic N) is 1. The lowest BCUT2D eigenvalue weighted by molar-refractivity contribution is -0.141. The molecule has 2 rings (SSSR count). The summed E-state index contributed by atoms with van der Waals surface area (Å²) in [5, 5.41) is 0.421. The first-order valence-electron chi connectivity index (χ1n) is 5.26. The monoisotopic (exact) mass is 334 g/mol. The average Bonchev–Trinajstić information content (AvgIpc) is 2.32. The van der Waals surface area contributed by atoms with E-state index in [4.69, 9.17) is 10.5 Å². The van der Waals surface area contributed by atoms with Crippen molar-refractivity contribution in [3.05, 3.63) is 27.9 Å². The molecule has 1 aromatic heterocycles. The predicted octanol–water partition coefficient (Wildman–Crippen LogP) is 3.92. The third-order valence-corrected chi connectivity index (χ3v) is 3.49. The van der Waals surface area contributed by atoms with Crippen LogP contribution in [-0.4, -0.2) is 12.1 Å². The van der Waals surface area contributed by atoms with Gasteiger partial charge in [0.25, 0.3) is 0 Å². The number of alkyl halides is 3. The largest absolute Gasteiger partial charge is 0.494 e. The lowest BCUT2D eigenvalue weighted by atomic mass is 10.1. The summed E-state index contributed by atoms with van der Waals surface area (Å²) >= 11 is 3.26. The molecule has 102 valence electrons. The van der Waals surface area contributed by atoms with Gasteiger partial charge in [-0.05, 0) is 19.1 Å². The number of benzene rings is 1. The summed E-state index contributed by atoms with van der Waals surface area (Å²) in [6, 6.07) is 3.19. The lowest BCUT2D eigenvalue weighted by Crippen LogP contribution is -2.13. The van der Waals surface area contributed by atoms with E-state index in [2.05, 4.69) is 20.9 Å². The van der Waals surface area contributed by atoms with Crippen LogP contribution in [0.1, 0.15) is 11.3 Å². The summed E-state index contributed by atoms with van der Waals surface area (Å²) in [6.45, 7) is 1.30. The van der Waals surface area contributed by atoms with Crippen LogP contribution in [0.4, 0.5) is 18.9 Å². The third-order valence-electron chi connectivity index (χ3n) is 2.83. The maximum Gasteiger partial charge on any atom is 0.433 e. The molecule has 0 bridgehead atoms. The summed E-state index contributed by atoms with van der Waals surface area (Å²) in [5.74, 6) is 0.246. The molecule has 19 heavy (non-hydrogen) atoms. The Hall–Kier alpha value is -1.50. The minimum Gasteiger partial charge on any atom is -0.494 e. The molecule has 0 saturated heterocycles. The first-order valence-corrected chi connectivity index (χ1v) is 6.06. The van der Waals surface area contributed by atoms with Crippen molar-refractivity contribution in [1.29, 1.82) is 0 Å². The van der Waals surface area contributed by atoms with Crippen molar-refractivity contribution < 1.29 is 17.9 Å². The molecule has 3 nitrogen and oxygen atoms in total. The van der Waals surface area contributed by atoms with E-state index in [1.54, 1.807) is 6.07 Å². The molecule has 0 fully saturated rings. The summed E-state index contributed by atoms with van der Waals surface area (Å²) in [7, 11) is 1.37. The zero-order valence-electron chi connectivity index (χ0n) is 10.1. The Morgan fingerprint density at radius 3 is 2.47 bits per heavy atom. The Bertz CT molecular complexity index is 656. The molecule has 0 amide bonds. The molecule has 2 aromatic rings. The fourth-order valence-corrected chi connectivity index (χ4v) is 2.40. The molecule has 0 atom stereocenters. The fraction of sp³-hybridized carbons (Fsp3) is 0.250. The number of methoxy groups -OCH3 is 1. The minimum atomic E-state index is -4.56. The SMILES string of the molecule is COc1ccc(Br)c2c(N)c(C)c(C(F)(F)F)nc12. The molecule has 0 unspecified atom stereocenters. The number of hydrogen-bond acceptors (Lipinski definition) is 3. The van der Waals surface area contributed by atoms with Gasteiger partial charge in [-0.25, -0.2) is 4.98 Å². The quantitative estimate of drug-likeness (QED) is 0.859. The van der Waals surface area contributed by atoms with Gasteiger partial charge < -0.3 is 10.5 Å². The van der Waals surface area contributed by atoms with Gasteiger partial charge in [0.15, 0.2) is 0 Å². The number of aromatic nitrogens is 1. The van der Waals surface area contributed by atoms with Crippen LogP contribution >= 0.6 is 15.9 Å². The normalized spacial score (nSPS) is 11.9. The number of halogens is 4. The Kier molecular flexibility index (Phi) is 3.34. The molecule has 0 saturated carbocycles. The van der Waals surface area contributed by atoms with Crippen LogP contribution in [0.2, 0.25) is 0 Å². The van der Waals surface area contributed by atoms with E-state index in [1.807, 2.05) is 0 Å². The van der Waals surface area contributed by atoms with Crippen molar-refractivity contribution in [2.24, 2.45) is 0 Å². The highest BCUT2D eigenvalue weighted by Gasteiger charge is 2.36. The van der Waals surface area contributed by atoms with Crippen LogP contribution in [0.25, 0.3) is 10.9 Å². The molecular weight excluding hydrogens is 325 g/mol. The van der Waals surface area contributed by atoms with Gasteiger partial charge >= 0.3 is 6.18 Å². The van der Waals surface area contributed by atoms with Gasteiger partial charge in [0.05, 0.1) is 7.11 Å². The summed E-state index contributed by atoms with van der Waals surface area (Å²) in [4.78, 5) is 3.68. The molecule has 0 radical (unpaired) electrons. The number of fused-ring (bicyclic) bond motifs is 1. The second kappa shape index (κ2) is 4.56. The van der Waals surface area contributed by atoms with Gasteiger partial charge in [-0.15, -0.1) is 0 Å². The van der Waals surface area contributed by atoms with E-state index >= 15 is 0 Å². The highest BCUT2D eigenvalue weighted by molar-refractivity contribution is 9.10. The molecular formula is C12H10BrF3N2O.